The van der Waals surface area contributed by atoms with Gasteiger partial charge in [-0.1, -0.05) is 22.9 Å². The number of nitriles is 1. The van der Waals surface area contributed by atoms with Gasteiger partial charge in [0.15, 0.2) is 10.3 Å². The summed E-state index contributed by atoms with van der Waals surface area (Å²) in [5.74, 6) is 0. The van der Waals surface area contributed by atoms with Crippen LogP contribution < -0.4 is 5.32 Å². The molecule has 2 heterocycles. The zero-order valence-corrected chi connectivity index (χ0v) is 9.57. The Morgan fingerprint density at radius 1 is 1.73 bits per heavy atom. The average molecular weight is 244 g/mol. The molecule has 0 spiro atoms. The quantitative estimate of drug-likeness (QED) is 0.885. The number of aromatic nitrogens is 1. The third-order valence-electron chi connectivity index (χ3n) is 2.19. The Kier molecular flexibility index (Phi) is 3.41. The Labute approximate surface area is 96.8 Å². The number of halogens is 1. The van der Waals surface area contributed by atoms with Crippen molar-refractivity contribution < 1.29 is 4.74 Å². The summed E-state index contributed by atoms with van der Waals surface area (Å²) < 4.78 is 5.45. The van der Waals surface area contributed by atoms with Gasteiger partial charge < -0.3 is 10.1 Å². The van der Waals surface area contributed by atoms with E-state index in [1.807, 2.05) is 6.07 Å². The van der Waals surface area contributed by atoms with Crippen LogP contribution in [-0.2, 0) is 4.74 Å². The fourth-order valence-corrected chi connectivity index (χ4v) is 2.41. The number of nitrogens with zero attached hydrogens (tertiary/aromatic N) is 2. The summed E-state index contributed by atoms with van der Waals surface area (Å²) in [5, 5.41) is 12.8. The number of hydrogen-bond donors (Lipinski definition) is 1. The fraction of sp³-hybridized carbons (Fsp3) is 0.556. The minimum absolute atomic E-state index is 0.262. The Morgan fingerprint density at radius 3 is 3.20 bits per heavy atom. The van der Waals surface area contributed by atoms with E-state index in [1.165, 1.54) is 11.3 Å². The molecular weight excluding hydrogens is 234 g/mol. The van der Waals surface area contributed by atoms with Gasteiger partial charge in [-0.15, -0.1) is 0 Å². The molecule has 4 nitrogen and oxygen atoms in total. The first-order valence-corrected chi connectivity index (χ1v) is 5.91. The molecule has 0 bridgehead atoms. The predicted molar refractivity (Wildman–Crippen MR) is 59.3 cm³/mol. The second-order valence-electron chi connectivity index (χ2n) is 3.27. The highest BCUT2D eigenvalue weighted by molar-refractivity contribution is 7.16. The standard InChI is InChI=1S/C9H10ClN3OS/c10-8-7(4-11)15-9(13-8)12-5-6-2-1-3-14-6/h6H,1-3,5H2,(H,12,13). The summed E-state index contributed by atoms with van der Waals surface area (Å²) in [6, 6.07) is 2.00. The summed E-state index contributed by atoms with van der Waals surface area (Å²) in [6.45, 7) is 1.57. The minimum Gasteiger partial charge on any atom is -0.376 e. The molecule has 0 amide bonds. The molecule has 1 aromatic heterocycles. The molecule has 80 valence electrons. The Morgan fingerprint density at radius 2 is 2.60 bits per heavy atom. The van der Waals surface area contributed by atoms with Gasteiger partial charge in [0, 0.05) is 13.2 Å². The zero-order valence-electron chi connectivity index (χ0n) is 7.99. The highest BCUT2D eigenvalue weighted by Crippen LogP contribution is 2.26. The molecule has 2 rings (SSSR count). The molecular formula is C9H10ClN3OS. The van der Waals surface area contributed by atoms with Crippen molar-refractivity contribution >= 4 is 28.1 Å². The van der Waals surface area contributed by atoms with Gasteiger partial charge in [0.1, 0.15) is 10.9 Å². The van der Waals surface area contributed by atoms with E-state index in [-0.39, 0.29) is 11.3 Å². The van der Waals surface area contributed by atoms with Gasteiger partial charge in [0.2, 0.25) is 0 Å². The van der Waals surface area contributed by atoms with Crippen molar-refractivity contribution in [2.45, 2.75) is 18.9 Å². The molecule has 6 heteroatoms. The van der Waals surface area contributed by atoms with E-state index in [1.54, 1.807) is 0 Å². The van der Waals surface area contributed by atoms with Crippen LogP contribution in [0.3, 0.4) is 0 Å². The maximum absolute atomic E-state index is 8.70. The van der Waals surface area contributed by atoms with Crippen LogP contribution in [0.1, 0.15) is 17.7 Å². The SMILES string of the molecule is N#Cc1sc(NCC2CCCO2)nc1Cl. The van der Waals surface area contributed by atoms with E-state index in [2.05, 4.69) is 10.3 Å². The van der Waals surface area contributed by atoms with Gasteiger partial charge in [-0.2, -0.15) is 5.26 Å². The van der Waals surface area contributed by atoms with Crippen molar-refractivity contribution in [1.82, 2.24) is 4.98 Å². The smallest absolute Gasteiger partial charge is 0.185 e. The highest BCUT2D eigenvalue weighted by atomic mass is 35.5. The molecule has 0 aliphatic carbocycles. The van der Waals surface area contributed by atoms with Crippen LogP contribution in [0.4, 0.5) is 5.13 Å². The van der Waals surface area contributed by atoms with Crippen LogP contribution in [0.5, 0.6) is 0 Å². The van der Waals surface area contributed by atoms with Crippen LogP contribution >= 0.6 is 22.9 Å². The Balaban J connectivity index is 1.90. The summed E-state index contributed by atoms with van der Waals surface area (Å²) in [7, 11) is 0. The summed E-state index contributed by atoms with van der Waals surface area (Å²) in [6.07, 6.45) is 2.46. The summed E-state index contributed by atoms with van der Waals surface area (Å²) in [5.41, 5.74) is 0. The molecule has 0 aromatic carbocycles. The van der Waals surface area contributed by atoms with E-state index >= 15 is 0 Å². The molecule has 1 saturated heterocycles. The van der Waals surface area contributed by atoms with Gasteiger partial charge in [-0.05, 0) is 12.8 Å². The lowest BCUT2D eigenvalue weighted by Gasteiger charge is -2.08. The molecule has 1 aliphatic rings. The molecule has 1 aliphatic heterocycles. The molecule has 0 radical (unpaired) electrons. The first-order valence-electron chi connectivity index (χ1n) is 4.71. The van der Waals surface area contributed by atoms with Gasteiger partial charge in [0.25, 0.3) is 0 Å². The van der Waals surface area contributed by atoms with Crippen LogP contribution in [0.15, 0.2) is 0 Å². The average Bonchev–Trinajstić information content (AvgIpc) is 2.83. The third-order valence-corrected chi connectivity index (χ3v) is 3.50. The number of rotatable bonds is 3. The summed E-state index contributed by atoms with van der Waals surface area (Å²) >= 11 is 7.02. The maximum atomic E-state index is 8.70. The Hall–Kier alpha value is -0.830. The second kappa shape index (κ2) is 4.79. The van der Waals surface area contributed by atoms with E-state index in [0.717, 1.165) is 26.0 Å². The number of ether oxygens (including phenoxy) is 1. The number of hydrogen-bond acceptors (Lipinski definition) is 5. The van der Waals surface area contributed by atoms with Crippen molar-refractivity contribution in [3.05, 3.63) is 10.0 Å². The second-order valence-corrected chi connectivity index (χ2v) is 4.62. The molecule has 1 fully saturated rings. The van der Waals surface area contributed by atoms with Crippen LogP contribution in [0.25, 0.3) is 0 Å². The maximum Gasteiger partial charge on any atom is 0.185 e. The third kappa shape index (κ3) is 2.59. The number of nitrogens with one attached hydrogen (secondary N) is 1. The lowest BCUT2D eigenvalue weighted by molar-refractivity contribution is 0.120. The lowest BCUT2D eigenvalue weighted by Crippen LogP contribution is -2.18. The van der Waals surface area contributed by atoms with E-state index in [0.29, 0.717) is 10.0 Å². The number of thiazole rings is 1. The normalized spacial score (nSPS) is 20.1. The Bertz CT molecular complexity index is 381. The van der Waals surface area contributed by atoms with Crippen molar-refractivity contribution in [3.8, 4) is 6.07 Å². The van der Waals surface area contributed by atoms with Gasteiger partial charge in [0.05, 0.1) is 6.10 Å². The van der Waals surface area contributed by atoms with E-state index in [9.17, 15) is 0 Å². The molecule has 15 heavy (non-hydrogen) atoms. The minimum atomic E-state index is 0.262. The highest BCUT2D eigenvalue weighted by Gasteiger charge is 2.16. The molecule has 1 unspecified atom stereocenters. The van der Waals surface area contributed by atoms with E-state index in [4.69, 9.17) is 21.6 Å². The molecule has 1 aromatic rings. The van der Waals surface area contributed by atoms with Crippen molar-refractivity contribution in [2.75, 3.05) is 18.5 Å². The van der Waals surface area contributed by atoms with Crippen LogP contribution in [0.2, 0.25) is 5.15 Å². The summed E-state index contributed by atoms with van der Waals surface area (Å²) in [4.78, 5) is 4.49. The van der Waals surface area contributed by atoms with Crippen molar-refractivity contribution in [1.29, 1.82) is 5.26 Å². The largest absolute Gasteiger partial charge is 0.376 e. The van der Waals surface area contributed by atoms with E-state index < -0.39 is 0 Å². The first kappa shape index (κ1) is 10.7. The molecule has 1 N–H and O–H groups in total. The number of anilines is 1. The van der Waals surface area contributed by atoms with Gasteiger partial charge >= 0.3 is 0 Å². The monoisotopic (exact) mass is 243 g/mol. The lowest BCUT2D eigenvalue weighted by atomic mass is 10.2. The van der Waals surface area contributed by atoms with Crippen LogP contribution in [-0.4, -0.2) is 24.2 Å². The zero-order chi connectivity index (χ0) is 10.7. The van der Waals surface area contributed by atoms with Crippen LogP contribution in [0, 0.1) is 11.3 Å². The van der Waals surface area contributed by atoms with Crippen molar-refractivity contribution in [2.24, 2.45) is 0 Å². The topological polar surface area (TPSA) is 57.9 Å². The van der Waals surface area contributed by atoms with Gasteiger partial charge in [-0.3, -0.25) is 0 Å². The molecule has 1 atom stereocenters. The first-order chi connectivity index (χ1) is 7.29. The van der Waals surface area contributed by atoms with Crippen molar-refractivity contribution in [3.63, 3.8) is 0 Å². The predicted octanol–water partition coefficient (Wildman–Crippen LogP) is 2.26. The fourth-order valence-electron chi connectivity index (χ4n) is 1.45. The van der Waals surface area contributed by atoms with Gasteiger partial charge in [-0.25, -0.2) is 4.98 Å². The molecule has 0 saturated carbocycles.